The van der Waals surface area contributed by atoms with Crippen molar-refractivity contribution < 1.29 is 4.79 Å². The van der Waals surface area contributed by atoms with E-state index in [1.807, 2.05) is 30.3 Å². The maximum Gasteiger partial charge on any atom is 0.234 e. The first kappa shape index (κ1) is 18.2. The van der Waals surface area contributed by atoms with Crippen LogP contribution in [-0.4, -0.2) is 67.6 Å². The van der Waals surface area contributed by atoms with Gasteiger partial charge in [0.05, 0.1) is 6.54 Å². The number of carbonyl (C=O) groups is 1. The Balaban J connectivity index is 0.00000192. The second kappa shape index (κ2) is 9.23. The summed E-state index contributed by atoms with van der Waals surface area (Å²) in [5.74, 6) is 0.125. The lowest BCUT2D eigenvalue weighted by atomic mass is 10.2. The van der Waals surface area contributed by atoms with E-state index in [4.69, 9.17) is 0 Å². The molecule has 2 heterocycles. The largest absolute Gasteiger partial charge is 0.351 e. The van der Waals surface area contributed by atoms with Gasteiger partial charge in [0.15, 0.2) is 0 Å². The number of rotatable bonds is 5. The summed E-state index contributed by atoms with van der Waals surface area (Å²) in [6.45, 7) is 7.56. The molecule has 1 amide bonds. The molecule has 128 valence electrons. The highest BCUT2D eigenvalue weighted by Gasteiger charge is 2.26. The summed E-state index contributed by atoms with van der Waals surface area (Å²) < 4.78 is 0. The highest BCUT2D eigenvalue weighted by molar-refractivity contribution is 5.85. The van der Waals surface area contributed by atoms with Gasteiger partial charge in [-0.2, -0.15) is 0 Å². The number of benzene rings is 1. The summed E-state index contributed by atoms with van der Waals surface area (Å²) >= 11 is 0. The van der Waals surface area contributed by atoms with E-state index in [2.05, 4.69) is 20.4 Å². The molecule has 2 N–H and O–H groups in total. The fourth-order valence-corrected chi connectivity index (χ4v) is 3.29. The van der Waals surface area contributed by atoms with Gasteiger partial charge in [0.25, 0.3) is 0 Å². The van der Waals surface area contributed by atoms with Crippen molar-refractivity contribution in [2.75, 3.05) is 45.8 Å². The molecule has 2 aliphatic rings. The zero-order valence-electron chi connectivity index (χ0n) is 13.5. The van der Waals surface area contributed by atoms with Gasteiger partial charge in [-0.15, -0.1) is 12.4 Å². The molecule has 0 radical (unpaired) electrons. The Morgan fingerprint density at radius 3 is 2.57 bits per heavy atom. The van der Waals surface area contributed by atoms with Gasteiger partial charge in [-0.3, -0.25) is 14.6 Å². The van der Waals surface area contributed by atoms with E-state index in [0.717, 1.165) is 44.8 Å². The standard InChI is InChI=1S/C17H26N4O.ClH/c22-17(19-12-15-4-2-1-3-5-15)14-20-8-10-21(11-9-20)16-6-7-18-13-16;/h1-5,16,18H,6-14H2,(H,19,22);1H. The lowest BCUT2D eigenvalue weighted by Gasteiger charge is -2.37. The van der Waals surface area contributed by atoms with E-state index in [0.29, 0.717) is 19.1 Å². The number of halogens is 1. The molecule has 5 nitrogen and oxygen atoms in total. The molecule has 1 aromatic rings. The van der Waals surface area contributed by atoms with Gasteiger partial charge in [0.2, 0.25) is 5.91 Å². The van der Waals surface area contributed by atoms with Gasteiger partial charge in [-0.05, 0) is 18.5 Å². The van der Waals surface area contributed by atoms with Crippen LogP contribution in [0, 0.1) is 0 Å². The van der Waals surface area contributed by atoms with Gasteiger partial charge in [-0.25, -0.2) is 0 Å². The maximum atomic E-state index is 12.0. The number of hydrogen-bond donors (Lipinski definition) is 2. The number of amides is 1. The smallest absolute Gasteiger partial charge is 0.234 e. The number of nitrogens with one attached hydrogen (secondary N) is 2. The molecule has 0 aromatic heterocycles. The summed E-state index contributed by atoms with van der Waals surface area (Å²) in [7, 11) is 0. The van der Waals surface area contributed by atoms with Crippen LogP contribution in [0.3, 0.4) is 0 Å². The lowest BCUT2D eigenvalue weighted by molar-refractivity contribution is -0.122. The van der Waals surface area contributed by atoms with Crippen LogP contribution in [0.1, 0.15) is 12.0 Å². The SMILES string of the molecule is Cl.O=C(CN1CCN(C2CCNC2)CC1)NCc1ccccc1. The number of carbonyl (C=O) groups excluding carboxylic acids is 1. The Labute approximate surface area is 144 Å². The maximum absolute atomic E-state index is 12.0. The summed E-state index contributed by atoms with van der Waals surface area (Å²) in [5.41, 5.74) is 1.15. The van der Waals surface area contributed by atoms with E-state index in [1.54, 1.807) is 0 Å². The van der Waals surface area contributed by atoms with Gasteiger partial charge in [0, 0.05) is 45.3 Å². The minimum atomic E-state index is 0. The predicted molar refractivity (Wildman–Crippen MR) is 94.8 cm³/mol. The van der Waals surface area contributed by atoms with Crippen LogP contribution in [0.25, 0.3) is 0 Å². The van der Waals surface area contributed by atoms with Gasteiger partial charge in [0.1, 0.15) is 0 Å². The van der Waals surface area contributed by atoms with E-state index in [1.165, 1.54) is 6.42 Å². The monoisotopic (exact) mass is 338 g/mol. The summed E-state index contributed by atoms with van der Waals surface area (Å²) in [4.78, 5) is 16.9. The van der Waals surface area contributed by atoms with Crippen molar-refractivity contribution in [1.82, 2.24) is 20.4 Å². The van der Waals surface area contributed by atoms with E-state index < -0.39 is 0 Å². The van der Waals surface area contributed by atoms with Crippen LogP contribution in [-0.2, 0) is 11.3 Å². The van der Waals surface area contributed by atoms with Crippen LogP contribution >= 0.6 is 12.4 Å². The second-order valence-corrected chi connectivity index (χ2v) is 6.22. The zero-order chi connectivity index (χ0) is 15.2. The molecule has 0 spiro atoms. The second-order valence-electron chi connectivity index (χ2n) is 6.22. The number of piperazine rings is 1. The molecule has 1 unspecified atom stereocenters. The summed E-state index contributed by atoms with van der Waals surface area (Å²) in [5, 5.41) is 6.43. The molecule has 1 aromatic carbocycles. The predicted octanol–water partition coefficient (Wildman–Crippen LogP) is 0.704. The molecular weight excluding hydrogens is 312 g/mol. The normalized spacial score (nSPS) is 22.5. The topological polar surface area (TPSA) is 47.6 Å². The van der Waals surface area contributed by atoms with Gasteiger partial charge < -0.3 is 10.6 Å². The highest BCUT2D eigenvalue weighted by atomic mass is 35.5. The summed E-state index contributed by atoms with van der Waals surface area (Å²) in [6.07, 6.45) is 1.26. The minimum Gasteiger partial charge on any atom is -0.351 e. The molecule has 0 aliphatic carbocycles. The quantitative estimate of drug-likeness (QED) is 0.830. The van der Waals surface area contributed by atoms with Crippen molar-refractivity contribution in [3.8, 4) is 0 Å². The fraction of sp³-hybridized carbons (Fsp3) is 0.588. The molecule has 2 aliphatic heterocycles. The van der Waals surface area contributed by atoms with Crippen LogP contribution in [0.4, 0.5) is 0 Å². The molecule has 1 atom stereocenters. The highest BCUT2D eigenvalue weighted by Crippen LogP contribution is 2.11. The van der Waals surface area contributed by atoms with E-state index >= 15 is 0 Å². The van der Waals surface area contributed by atoms with E-state index in [-0.39, 0.29) is 18.3 Å². The first-order valence-corrected chi connectivity index (χ1v) is 8.29. The Morgan fingerprint density at radius 2 is 1.91 bits per heavy atom. The average molecular weight is 339 g/mol. The Morgan fingerprint density at radius 1 is 1.17 bits per heavy atom. The molecular formula is C17H27ClN4O. The van der Waals surface area contributed by atoms with Crippen LogP contribution in [0.5, 0.6) is 0 Å². The first-order valence-electron chi connectivity index (χ1n) is 8.29. The van der Waals surface area contributed by atoms with Crippen molar-refractivity contribution in [3.63, 3.8) is 0 Å². The fourth-order valence-electron chi connectivity index (χ4n) is 3.29. The zero-order valence-corrected chi connectivity index (χ0v) is 14.4. The van der Waals surface area contributed by atoms with Crippen molar-refractivity contribution in [2.45, 2.75) is 19.0 Å². The number of nitrogens with zero attached hydrogens (tertiary/aromatic N) is 2. The molecule has 0 saturated carbocycles. The first-order chi connectivity index (χ1) is 10.8. The molecule has 6 heteroatoms. The molecule has 23 heavy (non-hydrogen) atoms. The third-order valence-corrected chi connectivity index (χ3v) is 4.66. The number of hydrogen-bond acceptors (Lipinski definition) is 4. The molecule has 3 rings (SSSR count). The van der Waals surface area contributed by atoms with Crippen LogP contribution in [0.2, 0.25) is 0 Å². The minimum absolute atomic E-state index is 0. The van der Waals surface area contributed by atoms with Crippen molar-refractivity contribution in [2.24, 2.45) is 0 Å². The van der Waals surface area contributed by atoms with Crippen molar-refractivity contribution in [3.05, 3.63) is 35.9 Å². The van der Waals surface area contributed by atoms with Crippen molar-refractivity contribution in [1.29, 1.82) is 0 Å². The summed E-state index contributed by atoms with van der Waals surface area (Å²) in [6, 6.07) is 10.8. The Kier molecular flexibility index (Phi) is 7.30. The molecule has 0 bridgehead atoms. The van der Waals surface area contributed by atoms with Crippen molar-refractivity contribution >= 4 is 18.3 Å². The van der Waals surface area contributed by atoms with E-state index in [9.17, 15) is 4.79 Å². The third-order valence-electron chi connectivity index (χ3n) is 4.66. The Bertz CT molecular complexity index is 471. The van der Waals surface area contributed by atoms with Crippen LogP contribution < -0.4 is 10.6 Å². The average Bonchev–Trinajstić information content (AvgIpc) is 3.09. The van der Waals surface area contributed by atoms with Gasteiger partial charge >= 0.3 is 0 Å². The van der Waals surface area contributed by atoms with Gasteiger partial charge in [-0.1, -0.05) is 30.3 Å². The Hall–Kier alpha value is -1.14. The van der Waals surface area contributed by atoms with Crippen LogP contribution in [0.15, 0.2) is 30.3 Å². The molecule has 2 saturated heterocycles. The molecule has 2 fully saturated rings. The lowest BCUT2D eigenvalue weighted by Crippen LogP contribution is -2.52. The third kappa shape index (κ3) is 5.46.